The molecule has 0 aliphatic heterocycles. The Balaban J connectivity index is 1.93. The van der Waals surface area contributed by atoms with Gasteiger partial charge >= 0.3 is 0 Å². The van der Waals surface area contributed by atoms with Crippen LogP contribution in [0.2, 0.25) is 0 Å². The lowest BCUT2D eigenvalue weighted by atomic mass is 10.0. The van der Waals surface area contributed by atoms with Gasteiger partial charge in [-0.3, -0.25) is 0 Å². The first-order chi connectivity index (χ1) is 12.1. The van der Waals surface area contributed by atoms with Crippen LogP contribution in [0.1, 0.15) is 19.6 Å². The molecule has 3 aromatic rings. The van der Waals surface area contributed by atoms with Crippen LogP contribution in [0.25, 0.3) is 22.0 Å². The highest BCUT2D eigenvalue weighted by Gasteiger charge is 2.15. The zero-order valence-corrected chi connectivity index (χ0v) is 14.6. The van der Waals surface area contributed by atoms with E-state index in [0.717, 1.165) is 22.1 Å². The number of rotatable bonds is 5. The summed E-state index contributed by atoms with van der Waals surface area (Å²) in [6.07, 6.45) is 0. The van der Waals surface area contributed by atoms with E-state index in [2.05, 4.69) is 21.5 Å². The van der Waals surface area contributed by atoms with Gasteiger partial charge in [0.05, 0.1) is 12.7 Å². The number of guanidine groups is 1. The normalized spacial score (nSPS) is 11.9. The minimum atomic E-state index is 0.231. The van der Waals surface area contributed by atoms with E-state index in [1.165, 1.54) is 0 Å². The average Bonchev–Trinajstić information content (AvgIpc) is 3.07. The third kappa shape index (κ3) is 3.74. The lowest BCUT2D eigenvalue weighted by molar-refractivity contribution is 0.385. The quantitative estimate of drug-likeness (QED) is 0.550. The molecule has 1 aromatic heterocycles. The second-order valence-corrected chi connectivity index (χ2v) is 6.04. The lowest BCUT2D eigenvalue weighted by Gasteiger charge is -2.09. The third-order valence-electron chi connectivity index (χ3n) is 3.77. The van der Waals surface area contributed by atoms with Crippen molar-refractivity contribution in [2.24, 2.45) is 10.7 Å². The number of nitrogens with zero attached hydrogens (tertiary/aromatic N) is 2. The van der Waals surface area contributed by atoms with Crippen molar-refractivity contribution in [1.82, 2.24) is 10.5 Å². The summed E-state index contributed by atoms with van der Waals surface area (Å²) in [5.74, 6) is 1.78. The standard InChI is InChI=1S/C19H22N4O2/c1-12(2)22-19(20)21-11-14-10-16(23-25-14)18-15-7-5-4-6-13(15)8-9-17(18)24-3/h4-10,12H,11H2,1-3H3,(H3,20,21,22). The van der Waals surface area contributed by atoms with Crippen molar-refractivity contribution in [2.75, 3.05) is 7.11 Å². The molecule has 2 aromatic carbocycles. The Morgan fingerprint density at radius 2 is 2.08 bits per heavy atom. The number of fused-ring (bicyclic) bond motifs is 1. The number of hydrogen-bond acceptors (Lipinski definition) is 4. The van der Waals surface area contributed by atoms with E-state index >= 15 is 0 Å². The predicted octanol–water partition coefficient (Wildman–Crippen LogP) is 3.32. The smallest absolute Gasteiger partial charge is 0.189 e. The fraction of sp³-hybridized carbons (Fsp3) is 0.263. The second kappa shape index (κ2) is 7.25. The van der Waals surface area contributed by atoms with Gasteiger partial charge in [-0.2, -0.15) is 0 Å². The monoisotopic (exact) mass is 338 g/mol. The van der Waals surface area contributed by atoms with Crippen molar-refractivity contribution >= 4 is 16.7 Å². The fourth-order valence-corrected chi connectivity index (χ4v) is 2.70. The maximum atomic E-state index is 5.82. The first kappa shape index (κ1) is 16.8. The van der Waals surface area contributed by atoms with Gasteiger partial charge in [-0.15, -0.1) is 0 Å². The van der Waals surface area contributed by atoms with Crippen LogP contribution < -0.4 is 15.8 Å². The second-order valence-electron chi connectivity index (χ2n) is 6.04. The Hall–Kier alpha value is -3.02. The van der Waals surface area contributed by atoms with Gasteiger partial charge in [0.2, 0.25) is 0 Å². The van der Waals surface area contributed by atoms with Gasteiger partial charge in [-0.1, -0.05) is 35.5 Å². The minimum absolute atomic E-state index is 0.231. The molecule has 6 nitrogen and oxygen atoms in total. The van der Waals surface area contributed by atoms with Crippen LogP contribution in [0.5, 0.6) is 5.75 Å². The summed E-state index contributed by atoms with van der Waals surface area (Å²) in [6, 6.07) is 14.2. The molecule has 0 saturated carbocycles. The minimum Gasteiger partial charge on any atom is -0.496 e. The number of methoxy groups -OCH3 is 1. The van der Waals surface area contributed by atoms with Crippen molar-refractivity contribution < 1.29 is 9.26 Å². The van der Waals surface area contributed by atoms with Gasteiger partial charge < -0.3 is 20.3 Å². The molecule has 0 bridgehead atoms. The van der Waals surface area contributed by atoms with Crippen molar-refractivity contribution in [2.45, 2.75) is 26.4 Å². The van der Waals surface area contributed by atoms with E-state index in [4.69, 9.17) is 15.0 Å². The van der Waals surface area contributed by atoms with E-state index in [9.17, 15) is 0 Å². The summed E-state index contributed by atoms with van der Waals surface area (Å²) in [4.78, 5) is 4.26. The third-order valence-corrected chi connectivity index (χ3v) is 3.77. The number of hydrogen-bond donors (Lipinski definition) is 2. The summed E-state index contributed by atoms with van der Waals surface area (Å²) < 4.78 is 10.9. The molecule has 3 rings (SSSR count). The highest BCUT2D eigenvalue weighted by atomic mass is 16.5. The Bertz CT molecular complexity index is 899. The molecule has 130 valence electrons. The number of nitrogens with two attached hydrogens (primary N) is 1. The van der Waals surface area contributed by atoms with Gasteiger partial charge in [-0.05, 0) is 30.7 Å². The molecule has 0 aliphatic carbocycles. The largest absolute Gasteiger partial charge is 0.496 e. The van der Waals surface area contributed by atoms with Crippen LogP contribution in [0.4, 0.5) is 0 Å². The van der Waals surface area contributed by atoms with Gasteiger partial charge in [0, 0.05) is 12.1 Å². The van der Waals surface area contributed by atoms with Crippen LogP contribution in [-0.4, -0.2) is 24.3 Å². The fourth-order valence-electron chi connectivity index (χ4n) is 2.70. The maximum absolute atomic E-state index is 5.82. The summed E-state index contributed by atoms with van der Waals surface area (Å²) in [5.41, 5.74) is 7.44. The number of nitrogens with one attached hydrogen (secondary N) is 1. The predicted molar refractivity (Wildman–Crippen MR) is 99.6 cm³/mol. The number of benzene rings is 2. The van der Waals surface area contributed by atoms with Gasteiger partial charge in [0.1, 0.15) is 18.0 Å². The number of ether oxygens (including phenoxy) is 1. The summed E-state index contributed by atoms with van der Waals surface area (Å²) >= 11 is 0. The first-order valence-electron chi connectivity index (χ1n) is 8.16. The molecule has 6 heteroatoms. The molecule has 0 saturated heterocycles. The van der Waals surface area contributed by atoms with Crippen LogP contribution in [0.15, 0.2) is 52.0 Å². The molecule has 0 atom stereocenters. The average molecular weight is 338 g/mol. The van der Waals surface area contributed by atoms with E-state index in [-0.39, 0.29) is 6.04 Å². The van der Waals surface area contributed by atoms with E-state index in [1.807, 2.05) is 50.2 Å². The van der Waals surface area contributed by atoms with Gasteiger partial charge in [-0.25, -0.2) is 4.99 Å². The highest BCUT2D eigenvalue weighted by molar-refractivity contribution is 5.98. The Kier molecular flexibility index (Phi) is 4.88. The van der Waals surface area contributed by atoms with Gasteiger partial charge in [0.25, 0.3) is 0 Å². The Morgan fingerprint density at radius 1 is 1.28 bits per heavy atom. The molecular weight excluding hydrogens is 316 g/mol. The maximum Gasteiger partial charge on any atom is 0.189 e. The molecule has 1 heterocycles. The zero-order chi connectivity index (χ0) is 17.8. The van der Waals surface area contributed by atoms with Crippen LogP contribution in [0.3, 0.4) is 0 Å². The molecule has 0 aliphatic rings. The molecule has 0 radical (unpaired) electrons. The van der Waals surface area contributed by atoms with Crippen LogP contribution in [-0.2, 0) is 6.54 Å². The molecular formula is C19H22N4O2. The van der Waals surface area contributed by atoms with Crippen molar-refractivity contribution in [3.8, 4) is 17.0 Å². The Morgan fingerprint density at radius 3 is 2.84 bits per heavy atom. The summed E-state index contributed by atoms with van der Waals surface area (Å²) in [7, 11) is 1.65. The van der Waals surface area contributed by atoms with E-state index in [0.29, 0.717) is 24.0 Å². The zero-order valence-electron chi connectivity index (χ0n) is 14.6. The van der Waals surface area contributed by atoms with Crippen LogP contribution in [0, 0.1) is 0 Å². The molecule has 0 fully saturated rings. The molecule has 3 N–H and O–H groups in total. The molecule has 0 amide bonds. The molecule has 0 unspecified atom stereocenters. The number of aliphatic imine (C=N–C) groups is 1. The topological polar surface area (TPSA) is 85.7 Å². The number of aromatic nitrogens is 1. The lowest BCUT2D eigenvalue weighted by Crippen LogP contribution is -2.36. The summed E-state index contributed by atoms with van der Waals surface area (Å²) in [6.45, 7) is 4.33. The SMILES string of the molecule is COc1ccc2ccccc2c1-c1cc(CN=C(N)NC(C)C)on1. The first-order valence-corrected chi connectivity index (χ1v) is 8.16. The van der Waals surface area contributed by atoms with E-state index < -0.39 is 0 Å². The van der Waals surface area contributed by atoms with Crippen molar-refractivity contribution in [3.05, 3.63) is 48.2 Å². The molecule has 25 heavy (non-hydrogen) atoms. The Labute approximate surface area is 146 Å². The summed E-state index contributed by atoms with van der Waals surface area (Å²) in [5, 5.41) is 9.42. The van der Waals surface area contributed by atoms with Crippen molar-refractivity contribution in [3.63, 3.8) is 0 Å². The highest BCUT2D eigenvalue weighted by Crippen LogP contribution is 2.36. The van der Waals surface area contributed by atoms with Gasteiger partial charge in [0.15, 0.2) is 11.7 Å². The van der Waals surface area contributed by atoms with E-state index in [1.54, 1.807) is 7.11 Å². The van der Waals surface area contributed by atoms with Crippen LogP contribution >= 0.6 is 0 Å². The molecule has 0 spiro atoms. The van der Waals surface area contributed by atoms with Crippen molar-refractivity contribution in [1.29, 1.82) is 0 Å².